The number of carbonyl (C=O) groups excluding carboxylic acids is 2. The molecule has 10 heteroatoms. The number of benzene rings is 1. The van der Waals surface area contributed by atoms with E-state index in [9.17, 15) is 22.6 Å². The Bertz CT molecular complexity index is 618. The summed E-state index contributed by atoms with van der Waals surface area (Å²) in [6.45, 7) is 1.15. The van der Waals surface area contributed by atoms with E-state index < -0.39 is 33.6 Å². The van der Waals surface area contributed by atoms with Crippen LogP contribution in [0.2, 0.25) is 0 Å². The van der Waals surface area contributed by atoms with Crippen molar-refractivity contribution < 1.29 is 66.7 Å². The molecule has 0 radical (unpaired) electrons. The Balaban J connectivity index is 0.00000484. The molecule has 0 aliphatic rings. The zero-order valence-corrected chi connectivity index (χ0v) is 15.6. The van der Waals surface area contributed by atoms with Gasteiger partial charge in [0.2, 0.25) is 0 Å². The number of aliphatic hydroxyl groups is 1. The Hall–Kier alpha value is -0.970. The first-order valence-corrected chi connectivity index (χ1v) is 7.76. The SMILES string of the molecule is CCCOC(=O)c1cc(C(=O)OCCO)cc(S(=O)(=O)[O-])c1.[Na+]. The molecular weight excluding hydrogens is 339 g/mol. The molecule has 0 saturated heterocycles. The molecule has 1 N–H and O–H groups in total. The summed E-state index contributed by atoms with van der Waals surface area (Å²) in [4.78, 5) is 22.7. The van der Waals surface area contributed by atoms with Gasteiger partial charge in [-0.05, 0) is 24.6 Å². The minimum Gasteiger partial charge on any atom is -0.744 e. The Morgan fingerprint density at radius 1 is 1.09 bits per heavy atom. The summed E-state index contributed by atoms with van der Waals surface area (Å²) in [5.41, 5.74) is -0.546. The van der Waals surface area contributed by atoms with Gasteiger partial charge < -0.3 is 19.1 Å². The standard InChI is InChI=1S/C13H16O8S.Na/c1-2-4-20-12(15)9-6-10(13(16)21-5-3-14)8-11(7-9)22(17,18)19;/h6-8,14H,2-5H2,1H3,(H,17,18,19);/q;+1/p-1. The Kier molecular flexibility index (Phi) is 9.59. The van der Waals surface area contributed by atoms with Crippen LogP contribution in [0.3, 0.4) is 0 Å². The van der Waals surface area contributed by atoms with Crippen LogP contribution in [0.25, 0.3) is 0 Å². The van der Waals surface area contributed by atoms with Crippen molar-refractivity contribution in [3.63, 3.8) is 0 Å². The quantitative estimate of drug-likeness (QED) is 0.318. The normalized spacial score (nSPS) is 10.6. The minimum atomic E-state index is -4.87. The van der Waals surface area contributed by atoms with E-state index in [4.69, 9.17) is 9.84 Å². The number of aliphatic hydroxyl groups excluding tert-OH is 1. The van der Waals surface area contributed by atoms with Crippen LogP contribution >= 0.6 is 0 Å². The van der Waals surface area contributed by atoms with Gasteiger partial charge in [-0.1, -0.05) is 6.92 Å². The maximum Gasteiger partial charge on any atom is 1.00 e. The summed E-state index contributed by atoms with van der Waals surface area (Å²) in [7, 11) is -4.87. The van der Waals surface area contributed by atoms with Crippen molar-refractivity contribution in [1.29, 1.82) is 0 Å². The van der Waals surface area contributed by atoms with E-state index in [-0.39, 0.29) is 53.9 Å². The molecule has 0 aliphatic carbocycles. The van der Waals surface area contributed by atoms with Crippen LogP contribution in [-0.4, -0.2) is 49.8 Å². The van der Waals surface area contributed by atoms with Crippen molar-refractivity contribution in [3.05, 3.63) is 29.3 Å². The van der Waals surface area contributed by atoms with Crippen molar-refractivity contribution in [2.24, 2.45) is 0 Å². The smallest absolute Gasteiger partial charge is 0.744 e. The van der Waals surface area contributed by atoms with Crippen molar-refractivity contribution in [2.75, 3.05) is 19.8 Å². The zero-order chi connectivity index (χ0) is 16.8. The molecule has 0 spiro atoms. The minimum absolute atomic E-state index is 0. The fraction of sp³-hybridized carbons (Fsp3) is 0.385. The second-order valence-electron chi connectivity index (χ2n) is 4.20. The maximum atomic E-state index is 11.8. The number of hydrogen-bond acceptors (Lipinski definition) is 8. The van der Waals surface area contributed by atoms with Crippen molar-refractivity contribution in [1.82, 2.24) is 0 Å². The predicted octanol–water partition coefficient (Wildman–Crippen LogP) is -2.69. The third-order valence-electron chi connectivity index (χ3n) is 2.43. The molecule has 0 saturated carbocycles. The van der Waals surface area contributed by atoms with Gasteiger partial charge in [0.25, 0.3) is 0 Å². The molecule has 1 aromatic rings. The predicted molar refractivity (Wildman–Crippen MR) is 72.3 cm³/mol. The van der Waals surface area contributed by atoms with E-state index in [0.29, 0.717) is 6.42 Å². The van der Waals surface area contributed by atoms with Gasteiger partial charge in [0.15, 0.2) is 0 Å². The van der Waals surface area contributed by atoms with Gasteiger partial charge in [0, 0.05) is 0 Å². The molecule has 8 nitrogen and oxygen atoms in total. The Morgan fingerprint density at radius 3 is 1.96 bits per heavy atom. The molecule has 0 bridgehead atoms. The average molecular weight is 354 g/mol. The molecule has 1 rings (SSSR count). The topological polar surface area (TPSA) is 130 Å². The molecule has 122 valence electrons. The molecule has 0 aromatic heterocycles. The van der Waals surface area contributed by atoms with E-state index in [1.54, 1.807) is 6.92 Å². The monoisotopic (exact) mass is 354 g/mol. The number of rotatable bonds is 7. The molecule has 0 amide bonds. The Morgan fingerprint density at radius 2 is 1.57 bits per heavy atom. The van der Waals surface area contributed by atoms with Gasteiger partial charge >= 0.3 is 41.5 Å². The van der Waals surface area contributed by atoms with Crippen LogP contribution in [0, 0.1) is 0 Å². The van der Waals surface area contributed by atoms with Crippen LogP contribution in [0.5, 0.6) is 0 Å². The van der Waals surface area contributed by atoms with Gasteiger partial charge in [-0.3, -0.25) is 0 Å². The van der Waals surface area contributed by atoms with Gasteiger partial charge in [0.05, 0.1) is 29.2 Å². The molecule has 0 unspecified atom stereocenters. The van der Waals surface area contributed by atoms with E-state index in [1.165, 1.54) is 0 Å². The van der Waals surface area contributed by atoms with Crippen LogP contribution in [0.15, 0.2) is 23.1 Å². The van der Waals surface area contributed by atoms with Crippen molar-refractivity contribution in [2.45, 2.75) is 18.2 Å². The summed E-state index contributed by atoms with van der Waals surface area (Å²) < 4.78 is 42.8. The van der Waals surface area contributed by atoms with E-state index in [0.717, 1.165) is 18.2 Å². The van der Waals surface area contributed by atoms with Gasteiger partial charge in [-0.15, -0.1) is 0 Å². The summed E-state index contributed by atoms with van der Waals surface area (Å²) in [5, 5.41) is 8.59. The number of ether oxygens (including phenoxy) is 2. The molecule has 0 heterocycles. The first kappa shape index (κ1) is 22.0. The van der Waals surface area contributed by atoms with Crippen LogP contribution in [0.4, 0.5) is 0 Å². The third-order valence-corrected chi connectivity index (χ3v) is 3.24. The van der Waals surface area contributed by atoms with Crippen LogP contribution in [-0.2, 0) is 19.6 Å². The van der Waals surface area contributed by atoms with Crippen LogP contribution in [0.1, 0.15) is 34.1 Å². The summed E-state index contributed by atoms with van der Waals surface area (Å²) in [5.74, 6) is -1.83. The first-order chi connectivity index (χ1) is 10.3. The molecule has 23 heavy (non-hydrogen) atoms. The van der Waals surface area contributed by atoms with E-state index >= 15 is 0 Å². The van der Waals surface area contributed by atoms with Gasteiger partial charge in [-0.25, -0.2) is 18.0 Å². The van der Waals surface area contributed by atoms with E-state index in [2.05, 4.69) is 4.74 Å². The third kappa shape index (κ3) is 6.98. The first-order valence-electron chi connectivity index (χ1n) is 6.35. The number of hydrogen-bond donors (Lipinski definition) is 1. The molecular formula is C13H15NaO8S. The van der Waals surface area contributed by atoms with Gasteiger partial charge in [0.1, 0.15) is 16.7 Å². The van der Waals surface area contributed by atoms with E-state index in [1.807, 2.05) is 0 Å². The largest absolute Gasteiger partial charge is 1.00 e. The van der Waals surface area contributed by atoms with Crippen molar-refractivity contribution >= 4 is 22.1 Å². The molecule has 1 aromatic carbocycles. The second kappa shape index (κ2) is 10.0. The molecule has 0 atom stereocenters. The summed E-state index contributed by atoms with van der Waals surface area (Å²) in [6, 6.07) is 2.70. The number of carbonyl (C=O) groups is 2. The molecule has 0 aliphatic heterocycles. The van der Waals surface area contributed by atoms with Crippen LogP contribution < -0.4 is 29.6 Å². The summed E-state index contributed by atoms with van der Waals surface area (Å²) >= 11 is 0. The number of esters is 2. The second-order valence-corrected chi connectivity index (χ2v) is 5.58. The van der Waals surface area contributed by atoms with Gasteiger partial charge in [-0.2, -0.15) is 0 Å². The summed E-state index contributed by atoms with van der Waals surface area (Å²) in [6.07, 6.45) is 0.552. The Labute approximate surface area is 155 Å². The fourth-order valence-electron chi connectivity index (χ4n) is 1.48. The fourth-order valence-corrected chi connectivity index (χ4v) is 2.02. The molecule has 0 fully saturated rings. The average Bonchev–Trinajstić information content (AvgIpc) is 2.48. The maximum absolute atomic E-state index is 11.8. The zero-order valence-electron chi connectivity index (χ0n) is 12.8. The van der Waals surface area contributed by atoms with Crippen molar-refractivity contribution in [3.8, 4) is 0 Å².